The number of hydrogen-bond donors (Lipinski definition) is 6. The number of carbonyl (C=O) groups is 3. The Morgan fingerprint density at radius 1 is 0.843 bits per heavy atom. The zero-order valence-corrected chi connectivity index (χ0v) is 32.3. The number of nitrogens with zero attached hydrogens (tertiary/aromatic N) is 2. The van der Waals surface area contributed by atoms with E-state index in [9.17, 15) is 24.6 Å². The molecule has 9 N–H and O–H groups in total. The Labute approximate surface area is 319 Å². The summed E-state index contributed by atoms with van der Waals surface area (Å²) in [7, 11) is 0. The molecular weight excluding hydrogens is 714 g/mol. The zero-order chi connectivity index (χ0) is 36.2. The molecule has 0 aromatic rings. The van der Waals surface area contributed by atoms with Crippen LogP contribution in [-0.2, 0) is 44.1 Å². The Morgan fingerprint density at radius 3 is 1.96 bits per heavy atom. The van der Waals surface area contributed by atoms with Gasteiger partial charge in [0, 0.05) is 37.0 Å². The quantitative estimate of drug-likeness (QED) is 0.107. The summed E-state index contributed by atoms with van der Waals surface area (Å²) in [6.07, 6.45) is 9.25. The third kappa shape index (κ3) is 10.7. The first-order valence-electron chi connectivity index (χ1n) is 18.1. The minimum absolute atomic E-state index is 0. The van der Waals surface area contributed by atoms with Crippen molar-refractivity contribution in [2.45, 2.75) is 133 Å². The Morgan fingerprint density at radius 2 is 1.41 bits per heavy atom. The number of rotatable bonds is 10. The molecule has 0 aromatic carbocycles. The van der Waals surface area contributed by atoms with Crippen LogP contribution in [0.3, 0.4) is 0 Å². The molecule has 0 spiro atoms. The van der Waals surface area contributed by atoms with Crippen LogP contribution in [0, 0.1) is 35.5 Å². The molecule has 5 heterocycles. The average molecular weight is 775 g/mol. The Balaban J connectivity index is 0.000000910. The topological polar surface area (TPSA) is 222 Å². The number of nitrogens with two attached hydrogens (primary N) is 1. The smallest absolute Gasteiger partial charge is 0.791 e. The van der Waals surface area contributed by atoms with Crippen LogP contribution in [0.2, 0.25) is 0 Å². The predicted molar refractivity (Wildman–Crippen MR) is 198 cm³/mol. The van der Waals surface area contributed by atoms with Crippen LogP contribution < -0.4 is 16.4 Å². The number of carboxylic acids is 3. The fraction of sp³-hybridized carbons (Fsp3) is 0.757. The van der Waals surface area contributed by atoms with Gasteiger partial charge in [0.1, 0.15) is 0 Å². The molecule has 0 amide bonds. The summed E-state index contributed by atoms with van der Waals surface area (Å²) in [5.74, 6) is -0.395. The first-order chi connectivity index (χ1) is 23.2. The van der Waals surface area contributed by atoms with Crippen LogP contribution in [0.4, 0.5) is 0 Å². The summed E-state index contributed by atoms with van der Waals surface area (Å²) >= 11 is 4.35. The van der Waals surface area contributed by atoms with Crippen LogP contribution in [0.1, 0.15) is 79.1 Å². The number of hydrogen-bond acceptors (Lipinski definition) is 7. The summed E-state index contributed by atoms with van der Waals surface area (Å²) in [5.41, 5.74) is 7.32. The second kappa shape index (κ2) is 20.1. The monoisotopic (exact) mass is 774 g/mol. The van der Waals surface area contributed by atoms with Crippen molar-refractivity contribution in [3.05, 3.63) is 47.1 Å². The molecule has 5 aliphatic heterocycles. The molecule has 1 radical (unpaired) electrons. The van der Waals surface area contributed by atoms with Crippen molar-refractivity contribution in [1.82, 2.24) is 10.6 Å². The third-order valence-electron chi connectivity index (χ3n) is 12.5. The van der Waals surface area contributed by atoms with Gasteiger partial charge >= 0.3 is 35.0 Å². The molecule has 5 rings (SSSR count). The fourth-order valence-electron chi connectivity index (χ4n) is 9.52. The molecular formula is C37H60FeN5O7S. The second-order valence-corrected chi connectivity index (χ2v) is 15.5. The van der Waals surface area contributed by atoms with Crippen LogP contribution in [-0.4, -0.2) is 98.8 Å². The molecule has 4 saturated heterocycles. The van der Waals surface area contributed by atoms with E-state index in [0.29, 0.717) is 48.5 Å². The van der Waals surface area contributed by atoms with Gasteiger partial charge in [0.05, 0.1) is 6.04 Å². The molecule has 14 heteroatoms. The van der Waals surface area contributed by atoms with E-state index < -0.39 is 23.9 Å². The molecule has 14 unspecified atom stereocenters. The van der Waals surface area contributed by atoms with Crippen molar-refractivity contribution in [3.63, 3.8) is 0 Å². The van der Waals surface area contributed by atoms with Crippen LogP contribution in [0.5, 0.6) is 0 Å². The molecule has 0 aromatic heterocycles. The number of nitrogens with one attached hydrogen (secondary N) is 2. The van der Waals surface area contributed by atoms with Gasteiger partial charge < -0.3 is 60.4 Å². The first-order valence-corrected chi connectivity index (χ1v) is 18.6. The summed E-state index contributed by atoms with van der Waals surface area (Å²) in [5, 5.41) is 45.9. The van der Waals surface area contributed by atoms with E-state index in [0.717, 1.165) is 25.7 Å². The largest absolute Gasteiger partial charge is 3.00 e. The van der Waals surface area contributed by atoms with Gasteiger partial charge in [-0.3, -0.25) is 14.4 Å². The molecule has 12 nitrogen and oxygen atoms in total. The molecule has 8 bridgehead atoms. The van der Waals surface area contributed by atoms with Crippen molar-refractivity contribution in [3.8, 4) is 0 Å². The van der Waals surface area contributed by atoms with Crippen molar-refractivity contribution < 1.29 is 52.2 Å². The average Bonchev–Trinajstić information content (AvgIpc) is 3.71. The molecule has 4 fully saturated rings. The van der Waals surface area contributed by atoms with Gasteiger partial charge in [0.15, 0.2) is 0 Å². The van der Waals surface area contributed by atoms with Crippen molar-refractivity contribution in [2.24, 2.45) is 41.2 Å². The third-order valence-corrected chi connectivity index (χ3v) is 12.8. The van der Waals surface area contributed by atoms with Gasteiger partial charge in [0.2, 0.25) is 0 Å². The van der Waals surface area contributed by atoms with E-state index in [1.807, 2.05) is 0 Å². The van der Waals surface area contributed by atoms with Gasteiger partial charge in [-0.15, -0.1) is 37.3 Å². The Hall–Kier alpha value is -1.74. The molecule has 289 valence electrons. The number of carboxylic acid groups (broad SMARTS) is 3. The zero-order valence-electron chi connectivity index (χ0n) is 30.4. The molecule has 15 atom stereocenters. The van der Waals surface area contributed by atoms with E-state index in [1.54, 1.807) is 0 Å². The van der Waals surface area contributed by atoms with E-state index in [-0.39, 0.29) is 89.4 Å². The van der Waals surface area contributed by atoms with Gasteiger partial charge in [-0.05, 0) is 62.2 Å². The predicted octanol–water partition coefficient (Wildman–Crippen LogP) is 3.78. The Bertz CT molecular complexity index is 1260. The van der Waals surface area contributed by atoms with E-state index in [4.69, 9.17) is 21.5 Å². The first kappa shape index (κ1) is 45.4. The maximum absolute atomic E-state index is 11.6. The summed E-state index contributed by atoms with van der Waals surface area (Å²) < 4.78 is 0. The van der Waals surface area contributed by atoms with Gasteiger partial charge in [-0.25, -0.2) is 0 Å². The van der Waals surface area contributed by atoms with Crippen LogP contribution in [0.25, 0.3) is 10.6 Å². The van der Waals surface area contributed by atoms with E-state index >= 15 is 0 Å². The number of aliphatic carboxylic acids is 3. The minimum Gasteiger partial charge on any atom is -0.791 e. The molecule has 0 saturated carbocycles. The normalized spacial score (nSPS) is 39.1. The molecule has 0 aliphatic carbocycles. The SMILES string of the molecule is C=CC1C2CC3NC(CC4[N-]C(CC5NC(CC([N-]2)C1C)C(C)C5CCC(=O)O)C(CCC(=O)O)=C4C)C(C=C)C3C.N[C@@H](C[S-])C(=O)O.O.[Fe+3]. The Kier molecular flexibility index (Phi) is 17.9. The minimum atomic E-state index is -1.03. The fourth-order valence-corrected chi connectivity index (χ4v) is 9.66. The van der Waals surface area contributed by atoms with Gasteiger partial charge in [0.25, 0.3) is 0 Å². The molecule has 51 heavy (non-hydrogen) atoms. The van der Waals surface area contributed by atoms with Crippen LogP contribution >= 0.6 is 0 Å². The summed E-state index contributed by atoms with van der Waals surface area (Å²) in [6, 6.07) is 0.601. The van der Waals surface area contributed by atoms with Crippen molar-refractivity contribution >= 4 is 30.5 Å². The summed E-state index contributed by atoms with van der Waals surface area (Å²) in [4.78, 5) is 33.0. The second-order valence-electron chi connectivity index (χ2n) is 15.2. The van der Waals surface area contributed by atoms with Gasteiger partial charge in [-0.2, -0.15) is 5.75 Å². The van der Waals surface area contributed by atoms with Crippen molar-refractivity contribution in [2.75, 3.05) is 5.75 Å². The van der Waals surface area contributed by atoms with Gasteiger partial charge in [-0.1, -0.05) is 62.8 Å². The number of fused-ring (bicyclic) bond motifs is 8. The van der Waals surface area contributed by atoms with Crippen molar-refractivity contribution in [1.29, 1.82) is 0 Å². The van der Waals surface area contributed by atoms with E-state index in [1.165, 1.54) is 11.1 Å². The summed E-state index contributed by atoms with van der Waals surface area (Å²) in [6.45, 7) is 17.6. The maximum Gasteiger partial charge on any atom is 3.00 e. The van der Waals surface area contributed by atoms with E-state index in [2.05, 4.69) is 76.3 Å². The standard InChI is InChI=1S/C34H52N4O4.C3H7NO2S.Fe.H2O/c1-7-21-17(3)25-13-26-19(5)23(9-11-33(39)40)31(37-26)16-32-24(10-12-34(41)42)20(6)28(38-32)15-30-22(8-2)18(4)27(36-30)14-29(21)35-25;4-2(1-7)3(5)6;;/h7-8,17-19,21-23,25-32,36-37H,1-2,9-16H2,3-6H3,(H,39,40)(H,41,42);2,7H,1,4H2,(H,5,6);;1H2/q-2;;+3;/p-1/t;2-;;/m.0../s1. The maximum atomic E-state index is 11.6. The molecule has 5 aliphatic rings. The van der Waals surface area contributed by atoms with Crippen LogP contribution in [0.15, 0.2) is 36.5 Å².